The van der Waals surface area contributed by atoms with Crippen molar-refractivity contribution in [2.75, 3.05) is 11.5 Å². The molecule has 0 radical (unpaired) electrons. The molecular formula is C16H21ClN2S. The van der Waals surface area contributed by atoms with E-state index >= 15 is 0 Å². The van der Waals surface area contributed by atoms with Gasteiger partial charge in [-0.05, 0) is 29.6 Å². The Morgan fingerprint density at radius 2 is 2.00 bits per heavy atom. The van der Waals surface area contributed by atoms with Crippen LogP contribution in [0.5, 0.6) is 0 Å². The molecule has 0 saturated carbocycles. The van der Waals surface area contributed by atoms with Crippen molar-refractivity contribution >= 4 is 23.4 Å². The number of aromatic nitrogens is 2. The highest BCUT2D eigenvalue weighted by Gasteiger charge is 2.06. The molecule has 0 aliphatic heterocycles. The fraction of sp³-hybridized carbons (Fsp3) is 0.438. The van der Waals surface area contributed by atoms with Crippen molar-refractivity contribution in [2.24, 2.45) is 0 Å². The lowest BCUT2D eigenvalue weighted by Gasteiger charge is -2.03. The van der Waals surface area contributed by atoms with E-state index in [0.29, 0.717) is 0 Å². The van der Waals surface area contributed by atoms with Crippen molar-refractivity contribution in [3.8, 4) is 0 Å². The summed E-state index contributed by atoms with van der Waals surface area (Å²) < 4.78 is 1.88. The quantitative estimate of drug-likeness (QED) is 0.660. The third-order valence-electron chi connectivity index (χ3n) is 3.10. The average Bonchev–Trinajstić information content (AvgIpc) is 2.80. The topological polar surface area (TPSA) is 17.8 Å². The van der Waals surface area contributed by atoms with Crippen LogP contribution in [0.3, 0.4) is 0 Å². The summed E-state index contributed by atoms with van der Waals surface area (Å²) in [6.07, 6.45) is 3.56. The van der Waals surface area contributed by atoms with Gasteiger partial charge in [-0.15, -0.1) is 0 Å². The van der Waals surface area contributed by atoms with Gasteiger partial charge in [-0.25, -0.2) is 4.68 Å². The van der Waals surface area contributed by atoms with Crippen molar-refractivity contribution in [3.63, 3.8) is 0 Å². The number of benzene rings is 1. The van der Waals surface area contributed by atoms with E-state index in [1.807, 2.05) is 40.7 Å². The maximum atomic E-state index is 6.25. The number of hydrogen-bond acceptors (Lipinski definition) is 2. The highest BCUT2D eigenvalue weighted by molar-refractivity contribution is 7.99. The summed E-state index contributed by atoms with van der Waals surface area (Å²) in [7, 11) is 0. The molecule has 0 aliphatic carbocycles. The first-order valence-corrected chi connectivity index (χ1v) is 8.66. The lowest BCUT2D eigenvalue weighted by Crippen LogP contribution is -2.02. The smallest absolute Gasteiger partial charge is 0.127 e. The Morgan fingerprint density at radius 1 is 1.20 bits per heavy atom. The molecule has 0 saturated heterocycles. The third-order valence-corrected chi connectivity index (χ3v) is 4.48. The van der Waals surface area contributed by atoms with Crippen LogP contribution in [0.4, 0.5) is 0 Å². The van der Waals surface area contributed by atoms with Crippen LogP contribution in [0.15, 0.2) is 36.4 Å². The fourth-order valence-corrected chi connectivity index (χ4v) is 3.23. The molecule has 4 heteroatoms. The first-order chi connectivity index (χ1) is 9.79. The standard InChI is InChI=1S/C16H21ClN2S/c1-2-3-10-20-11-9-15-12-16(17)19(18-15)13-14-7-5-4-6-8-14/h4-8,12H,2-3,9-11,13H2,1H3. The van der Waals surface area contributed by atoms with Crippen molar-refractivity contribution in [1.82, 2.24) is 9.78 Å². The Hall–Kier alpha value is -0.930. The van der Waals surface area contributed by atoms with Gasteiger partial charge in [0, 0.05) is 6.42 Å². The van der Waals surface area contributed by atoms with Gasteiger partial charge in [0.05, 0.1) is 12.2 Å². The van der Waals surface area contributed by atoms with E-state index in [2.05, 4.69) is 24.2 Å². The van der Waals surface area contributed by atoms with E-state index in [1.54, 1.807) is 0 Å². The van der Waals surface area contributed by atoms with Crippen LogP contribution in [0, 0.1) is 0 Å². The Kier molecular flexibility index (Phi) is 6.48. The molecule has 0 N–H and O–H groups in total. The zero-order valence-corrected chi connectivity index (χ0v) is 13.5. The fourth-order valence-electron chi connectivity index (χ4n) is 1.96. The second kappa shape index (κ2) is 8.38. The lowest BCUT2D eigenvalue weighted by molar-refractivity contribution is 0.675. The molecule has 1 aromatic carbocycles. The minimum atomic E-state index is 0.724. The van der Waals surface area contributed by atoms with Crippen LogP contribution in [0.1, 0.15) is 31.0 Å². The Labute approximate surface area is 130 Å². The van der Waals surface area contributed by atoms with E-state index in [-0.39, 0.29) is 0 Å². The van der Waals surface area contributed by atoms with E-state index in [1.165, 1.54) is 24.2 Å². The molecular weight excluding hydrogens is 288 g/mol. The molecule has 0 amide bonds. The number of nitrogens with zero attached hydrogens (tertiary/aromatic N) is 2. The summed E-state index contributed by atoms with van der Waals surface area (Å²) in [6, 6.07) is 12.3. The van der Waals surface area contributed by atoms with Gasteiger partial charge in [0.25, 0.3) is 0 Å². The van der Waals surface area contributed by atoms with Gasteiger partial charge in [0.15, 0.2) is 0 Å². The molecule has 0 unspecified atom stereocenters. The molecule has 1 heterocycles. The normalized spacial score (nSPS) is 10.9. The molecule has 0 bridgehead atoms. The second-order valence-electron chi connectivity index (χ2n) is 4.82. The van der Waals surface area contributed by atoms with Gasteiger partial charge in [0.1, 0.15) is 5.15 Å². The average molecular weight is 309 g/mol. The van der Waals surface area contributed by atoms with E-state index in [0.717, 1.165) is 29.6 Å². The first-order valence-electron chi connectivity index (χ1n) is 7.13. The van der Waals surface area contributed by atoms with Gasteiger partial charge < -0.3 is 0 Å². The van der Waals surface area contributed by atoms with Crippen LogP contribution >= 0.6 is 23.4 Å². The second-order valence-corrected chi connectivity index (χ2v) is 6.43. The van der Waals surface area contributed by atoms with Crippen LogP contribution < -0.4 is 0 Å². The van der Waals surface area contributed by atoms with Gasteiger partial charge >= 0.3 is 0 Å². The van der Waals surface area contributed by atoms with E-state index in [9.17, 15) is 0 Å². The predicted octanol–water partition coefficient (Wildman–Crippen LogP) is 4.66. The summed E-state index contributed by atoms with van der Waals surface area (Å²) in [5, 5.41) is 5.32. The predicted molar refractivity (Wildman–Crippen MR) is 88.7 cm³/mol. The molecule has 0 fully saturated rings. The van der Waals surface area contributed by atoms with Crippen molar-refractivity contribution in [1.29, 1.82) is 0 Å². The molecule has 0 atom stereocenters. The zero-order valence-electron chi connectivity index (χ0n) is 11.9. The highest BCUT2D eigenvalue weighted by atomic mass is 35.5. The Morgan fingerprint density at radius 3 is 2.75 bits per heavy atom. The summed E-state index contributed by atoms with van der Waals surface area (Å²) in [5.41, 5.74) is 2.32. The van der Waals surface area contributed by atoms with Crippen LogP contribution in [-0.4, -0.2) is 21.3 Å². The van der Waals surface area contributed by atoms with Crippen LogP contribution in [-0.2, 0) is 13.0 Å². The molecule has 20 heavy (non-hydrogen) atoms. The number of thioether (sulfide) groups is 1. The van der Waals surface area contributed by atoms with Crippen molar-refractivity contribution in [2.45, 2.75) is 32.7 Å². The highest BCUT2D eigenvalue weighted by Crippen LogP contribution is 2.15. The lowest BCUT2D eigenvalue weighted by atomic mass is 10.2. The van der Waals surface area contributed by atoms with Crippen molar-refractivity contribution < 1.29 is 0 Å². The third kappa shape index (κ3) is 4.88. The Balaban J connectivity index is 1.86. The SMILES string of the molecule is CCCCSCCc1cc(Cl)n(Cc2ccccc2)n1. The molecule has 2 nitrogen and oxygen atoms in total. The number of unbranched alkanes of at least 4 members (excludes halogenated alkanes) is 1. The Bertz CT molecular complexity index is 510. The van der Waals surface area contributed by atoms with Crippen molar-refractivity contribution in [3.05, 3.63) is 52.8 Å². The van der Waals surface area contributed by atoms with Gasteiger partial charge in [-0.3, -0.25) is 0 Å². The maximum Gasteiger partial charge on any atom is 0.127 e. The number of aryl methyl sites for hydroxylation is 1. The molecule has 0 aliphatic rings. The number of halogens is 1. The van der Waals surface area contributed by atoms with E-state index < -0.39 is 0 Å². The minimum Gasteiger partial charge on any atom is -0.249 e. The monoisotopic (exact) mass is 308 g/mol. The van der Waals surface area contributed by atoms with Crippen LogP contribution in [0.25, 0.3) is 0 Å². The van der Waals surface area contributed by atoms with Gasteiger partial charge in [-0.2, -0.15) is 16.9 Å². The summed E-state index contributed by atoms with van der Waals surface area (Å²) in [5.74, 6) is 2.37. The first kappa shape index (κ1) is 15.5. The molecule has 0 spiro atoms. The van der Waals surface area contributed by atoms with Gasteiger partial charge in [0.2, 0.25) is 0 Å². The zero-order chi connectivity index (χ0) is 14.2. The largest absolute Gasteiger partial charge is 0.249 e. The summed E-state index contributed by atoms with van der Waals surface area (Å²) in [6.45, 7) is 2.97. The number of rotatable bonds is 8. The molecule has 108 valence electrons. The minimum absolute atomic E-state index is 0.724. The molecule has 1 aromatic heterocycles. The molecule has 2 aromatic rings. The van der Waals surface area contributed by atoms with Crippen LogP contribution in [0.2, 0.25) is 5.15 Å². The maximum absolute atomic E-state index is 6.25. The van der Waals surface area contributed by atoms with Gasteiger partial charge in [-0.1, -0.05) is 55.3 Å². The number of hydrogen-bond donors (Lipinski definition) is 0. The van der Waals surface area contributed by atoms with E-state index in [4.69, 9.17) is 11.6 Å². The summed E-state index contributed by atoms with van der Waals surface area (Å²) >= 11 is 8.25. The summed E-state index contributed by atoms with van der Waals surface area (Å²) in [4.78, 5) is 0. The molecule has 2 rings (SSSR count).